The van der Waals surface area contributed by atoms with Crippen LogP contribution in [-0.4, -0.2) is 0 Å². The Balaban J connectivity index is 2.47. The molecule has 0 aliphatic carbocycles. The number of fused-ring (bicyclic) bond motifs is 1. The van der Waals surface area contributed by atoms with Gasteiger partial charge in [-0.15, -0.1) is 0 Å². The topological polar surface area (TPSA) is 3.88 Å². The smallest absolute Gasteiger partial charge is 0.198 e. The molecular formula is C13H18N+. The number of aromatic nitrogens is 1. The molecule has 0 spiro atoms. The van der Waals surface area contributed by atoms with Crippen LogP contribution in [0.15, 0.2) is 24.9 Å². The zero-order valence-corrected chi connectivity index (χ0v) is 9.30. The van der Waals surface area contributed by atoms with Crippen LogP contribution in [0.2, 0.25) is 0 Å². The molecule has 14 heavy (non-hydrogen) atoms. The normalized spacial score (nSPS) is 15.8. The number of aryl methyl sites for hydroxylation is 1. The van der Waals surface area contributed by atoms with Crippen molar-refractivity contribution in [1.82, 2.24) is 0 Å². The Morgan fingerprint density at radius 3 is 2.64 bits per heavy atom. The molecule has 0 atom stereocenters. The highest BCUT2D eigenvalue weighted by Gasteiger charge is 2.25. The highest BCUT2D eigenvalue weighted by atomic mass is 15.0. The molecule has 74 valence electrons. The Hall–Kier alpha value is -1.11. The molecule has 1 aromatic heterocycles. The Morgan fingerprint density at radius 2 is 2.00 bits per heavy atom. The van der Waals surface area contributed by atoms with E-state index in [-0.39, 0.29) is 5.41 Å². The summed E-state index contributed by atoms with van der Waals surface area (Å²) in [6, 6.07) is 4.43. The van der Waals surface area contributed by atoms with E-state index in [1.165, 1.54) is 16.8 Å². The van der Waals surface area contributed by atoms with E-state index in [1.54, 1.807) is 0 Å². The molecular weight excluding hydrogens is 170 g/mol. The molecule has 0 fully saturated rings. The molecule has 1 nitrogen and oxygen atoms in total. The molecule has 1 aromatic rings. The van der Waals surface area contributed by atoms with Crippen molar-refractivity contribution in [1.29, 1.82) is 0 Å². The molecule has 0 amide bonds. The second kappa shape index (κ2) is 2.94. The van der Waals surface area contributed by atoms with Crippen molar-refractivity contribution in [2.24, 2.45) is 0 Å². The minimum Gasteiger partial charge on any atom is -0.198 e. The van der Waals surface area contributed by atoms with Crippen molar-refractivity contribution in [3.8, 4) is 0 Å². The lowest BCUT2D eigenvalue weighted by molar-refractivity contribution is -0.690. The lowest BCUT2D eigenvalue weighted by Gasteiger charge is -2.16. The molecule has 0 aromatic carbocycles. The maximum atomic E-state index is 4.07. The van der Waals surface area contributed by atoms with E-state index in [2.05, 4.69) is 50.2 Å². The van der Waals surface area contributed by atoms with Crippen molar-refractivity contribution in [3.63, 3.8) is 0 Å². The van der Waals surface area contributed by atoms with Gasteiger partial charge in [-0.25, -0.2) is 0 Å². The number of allylic oxidation sites excluding steroid dienone is 1. The second-order valence-corrected chi connectivity index (χ2v) is 5.10. The fourth-order valence-corrected chi connectivity index (χ4v) is 1.88. The summed E-state index contributed by atoms with van der Waals surface area (Å²) < 4.78 is 2.32. The van der Waals surface area contributed by atoms with Crippen LogP contribution in [0.5, 0.6) is 0 Å². The van der Waals surface area contributed by atoms with Gasteiger partial charge in [0, 0.05) is 23.6 Å². The zero-order valence-electron chi connectivity index (χ0n) is 9.30. The predicted molar refractivity (Wildman–Crippen MR) is 59.0 cm³/mol. The summed E-state index contributed by atoms with van der Waals surface area (Å²) in [4.78, 5) is 0. The molecule has 2 heterocycles. The monoisotopic (exact) mass is 188 g/mol. The van der Waals surface area contributed by atoms with Gasteiger partial charge in [-0.05, 0) is 11.5 Å². The second-order valence-electron chi connectivity index (χ2n) is 5.10. The van der Waals surface area contributed by atoms with Crippen molar-refractivity contribution < 1.29 is 4.57 Å². The van der Waals surface area contributed by atoms with Crippen LogP contribution < -0.4 is 4.57 Å². The third-order valence-electron chi connectivity index (χ3n) is 2.91. The Bertz CT molecular complexity index is 383. The van der Waals surface area contributed by atoms with Crippen LogP contribution in [-0.2, 0) is 12.0 Å². The summed E-state index contributed by atoms with van der Waals surface area (Å²) >= 11 is 0. The van der Waals surface area contributed by atoms with Gasteiger partial charge in [0.05, 0.1) is 0 Å². The van der Waals surface area contributed by atoms with Gasteiger partial charge in [0.2, 0.25) is 5.69 Å². The molecule has 0 bridgehead atoms. The summed E-state index contributed by atoms with van der Waals surface area (Å²) in [7, 11) is 0. The Labute approximate surface area is 86.1 Å². The van der Waals surface area contributed by atoms with E-state index in [0.29, 0.717) is 0 Å². The van der Waals surface area contributed by atoms with Crippen LogP contribution >= 0.6 is 0 Å². The van der Waals surface area contributed by atoms with Crippen LogP contribution in [0.1, 0.15) is 38.4 Å². The summed E-state index contributed by atoms with van der Waals surface area (Å²) in [5.74, 6) is 0. The number of pyridine rings is 1. The van der Waals surface area contributed by atoms with Gasteiger partial charge in [-0.1, -0.05) is 27.4 Å². The van der Waals surface area contributed by atoms with E-state index >= 15 is 0 Å². The van der Waals surface area contributed by atoms with E-state index in [1.807, 2.05) is 0 Å². The number of nitrogens with zero attached hydrogens (tertiary/aromatic N) is 1. The molecule has 0 saturated carbocycles. The average molecular weight is 188 g/mol. The van der Waals surface area contributed by atoms with Gasteiger partial charge in [0.1, 0.15) is 0 Å². The van der Waals surface area contributed by atoms with Crippen molar-refractivity contribution >= 4 is 5.57 Å². The molecule has 2 rings (SSSR count). The molecule has 1 aliphatic heterocycles. The van der Waals surface area contributed by atoms with Crippen molar-refractivity contribution in [3.05, 3.63) is 36.2 Å². The first-order valence-electron chi connectivity index (χ1n) is 5.20. The fraction of sp³-hybridized carbons (Fsp3) is 0.462. The SMILES string of the molecule is C=C1CC[n+]2cc(C(C)(C)C)ccc21. The van der Waals surface area contributed by atoms with E-state index < -0.39 is 0 Å². The van der Waals surface area contributed by atoms with Gasteiger partial charge in [0.15, 0.2) is 12.7 Å². The number of hydrogen-bond acceptors (Lipinski definition) is 0. The van der Waals surface area contributed by atoms with E-state index in [4.69, 9.17) is 0 Å². The van der Waals surface area contributed by atoms with Crippen LogP contribution in [0.25, 0.3) is 5.57 Å². The zero-order chi connectivity index (χ0) is 10.3. The quantitative estimate of drug-likeness (QED) is 0.551. The van der Waals surface area contributed by atoms with Crippen molar-refractivity contribution in [2.45, 2.75) is 39.2 Å². The molecule has 0 unspecified atom stereocenters. The van der Waals surface area contributed by atoms with Gasteiger partial charge in [0.25, 0.3) is 0 Å². The first-order chi connectivity index (χ1) is 6.48. The Morgan fingerprint density at radius 1 is 1.29 bits per heavy atom. The summed E-state index contributed by atoms with van der Waals surface area (Å²) in [6.45, 7) is 11.9. The fourth-order valence-electron chi connectivity index (χ4n) is 1.88. The largest absolute Gasteiger partial charge is 0.208 e. The maximum absolute atomic E-state index is 4.07. The van der Waals surface area contributed by atoms with Gasteiger partial charge in [-0.2, -0.15) is 4.57 Å². The van der Waals surface area contributed by atoms with E-state index in [0.717, 1.165) is 13.0 Å². The summed E-state index contributed by atoms with van der Waals surface area (Å²) in [5.41, 5.74) is 4.21. The lowest BCUT2D eigenvalue weighted by atomic mass is 9.88. The highest BCUT2D eigenvalue weighted by Crippen LogP contribution is 2.24. The molecule has 0 N–H and O–H groups in total. The van der Waals surface area contributed by atoms with Gasteiger partial charge < -0.3 is 0 Å². The minimum absolute atomic E-state index is 0.242. The van der Waals surface area contributed by atoms with Crippen molar-refractivity contribution in [2.75, 3.05) is 0 Å². The average Bonchev–Trinajstić information content (AvgIpc) is 2.46. The lowest BCUT2D eigenvalue weighted by Crippen LogP contribution is -2.34. The van der Waals surface area contributed by atoms with Crippen LogP contribution in [0, 0.1) is 0 Å². The first-order valence-corrected chi connectivity index (χ1v) is 5.20. The van der Waals surface area contributed by atoms with E-state index in [9.17, 15) is 0 Å². The minimum atomic E-state index is 0.242. The first kappa shape index (κ1) is 9.45. The van der Waals surface area contributed by atoms with Crippen LogP contribution in [0.3, 0.4) is 0 Å². The molecule has 1 heteroatoms. The molecule has 1 aliphatic rings. The van der Waals surface area contributed by atoms with Gasteiger partial charge in [-0.3, -0.25) is 0 Å². The Kier molecular flexibility index (Phi) is 1.99. The third kappa shape index (κ3) is 1.47. The summed E-state index contributed by atoms with van der Waals surface area (Å²) in [6.07, 6.45) is 3.38. The summed E-state index contributed by atoms with van der Waals surface area (Å²) in [5, 5.41) is 0. The standard InChI is InChI=1S/C13H18N/c1-10-7-8-14-9-11(13(2,3)4)5-6-12(10)14/h5-6,9H,1,7-8H2,2-4H3/q+1. The number of hydrogen-bond donors (Lipinski definition) is 0. The third-order valence-corrected chi connectivity index (χ3v) is 2.91. The molecule has 0 saturated heterocycles. The number of rotatable bonds is 0. The molecule has 0 radical (unpaired) electrons. The van der Waals surface area contributed by atoms with Gasteiger partial charge >= 0.3 is 0 Å². The maximum Gasteiger partial charge on any atom is 0.208 e. The van der Waals surface area contributed by atoms with Crippen LogP contribution in [0.4, 0.5) is 0 Å². The highest BCUT2D eigenvalue weighted by molar-refractivity contribution is 5.58. The predicted octanol–water partition coefficient (Wildman–Crippen LogP) is 2.69.